The van der Waals surface area contributed by atoms with Crippen molar-refractivity contribution >= 4 is 22.9 Å². The summed E-state index contributed by atoms with van der Waals surface area (Å²) in [5, 5.41) is 1.90. The third kappa shape index (κ3) is 5.13. The molecule has 0 unspecified atom stereocenters. The van der Waals surface area contributed by atoms with Crippen molar-refractivity contribution in [1.29, 1.82) is 0 Å². The Labute approximate surface area is 113 Å². The fourth-order valence-electron chi connectivity index (χ4n) is 1.93. The van der Waals surface area contributed by atoms with Gasteiger partial charge in [0.25, 0.3) is 0 Å². The first kappa shape index (κ1) is 15.1. The number of aryl methyl sites for hydroxylation is 1. The summed E-state index contributed by atoms with van der Waals surface area (Å²) in [5.74, 6) is 0.0744. The normalized spacial score (nSPS) is 10.6. The zero-order valence-corrected chi connectivity index (χ0v) is 12.1. The molecule has 1 heterocycles. The van der Waals surface area contributed by atoms with E-state index in [1.165, 1.54) is 30.6 Å². The number of carbonyl (C=O) groups is 2. The van der Waals surface area contributed by atoms with Crippen molar-refractivity contribution in [3.63, 3.8) is 0 Å². The van der Waals surface area contributed by atoms with E-state index < -0.39 is 0 Å². The maximum absolute atomic E-state index is 11.9. The molecule has 100 valence electrons. The third-order valence-electron chi connectivity index (χ3n) is 3.03. The van der Waals surface area contributed by atoms with E-state index in [9.17, 15) is 9.59 Å². The predicted molar refractivity (Wildman–Crippen MR) is 76.4 cm³/mol. The molecule has 0 aliphatic carbocycles. The Kier molecular flexibility index (Phi) is 6.88. The molecular formula is C15H22O2S. The van der Waals surface area contributed by atoms with E-state index in [4.69, 9.17) is 0 Å². The van der Waals surface area contributed by atoms with Crippen LogP contribution < -0.4 is 0 Å². The van der Waals surface area contributed by atoms with Crippen LogP contribution in [0.15, 0.2) is 11.4 Å². The van der Waals surface area contributed by atoms with Gasteiger partial charge in [0.2, 0.25) is 0 Å². The number of unbranched alkanes of at least 4 members (excludes halogenated alkanes) is 4. The van der Waals surface area contributed by atoms with E-state index in [1.54, 1.807) is 0 Å². The van der Waals surface area contributed by atoms with Crippen LogP contribution in [0.4, 0.5) is 0 Å². The van der Waals surface area contributed by atoms with Gasteiger partial charge in [-0.3, -0.25) is 9.59 Å². The number of carbonyl (C=O) groups excluding carboxylic acids is 2. The quantitative estimate of drug-likeness (QED) is 0.373. The van der Waals surface area contributed by atoms with Gasteiger partial charge in [-0.1, -0.05) is 32.6 Å². The molecular weight excluding hydrogens is 244 g/mol. The lowest BCUT2D eigenvalue weighted by Crippen LogP contribution is -2.07. The van der Waals surface area contributed by atoms with Gasteiger partial charge in [0.15, 0.2) is 5.78 Å². The summed E-state index contributed by atoms with van der Waals surface area (Å²) >= 11 is 1.43. The fraction of sp³-hybridized carbons (Fsp3) is 0.600. The molecule has 0 fully saturated rings. The van der Waals surface area contributed by atoms with E-state index in [0.717, 1.165) is 23.3 Å². The van der Waals surface area contributed by atoms with Crippen LogP contribution in [-0.4, -0.2) is 11.6 Å². The van der Waals surface area contributed by atoms with E-state index in [-0.39, 0.29) is 18.0 Å². The van der Waals surface area contributed by atoms with Gasteiger partial charge in [-0.15, -0.1) is 11.3 Å². The maximum atomic E-state index is 11.9. The van der Waals surface area contributed by atoms with Crippen LogP contribution >= 0.6 is 11.3 Å². The number of ketones is 2. The highest BCUT2D eigenvalue weighted by atomic mass is 32.1. The summed E-state index contributed by atoms with van der Waals surface area (Å²) in [7, 11) is 0. The molecule has 0 atom stereocenters. The first-order valence-corrected chi connectivity index (χ1v) is 7.62. The van der Waals surface area contributed by atoms with Gasteiger partial charge in [-0.2, -0.15) is 0 Å². The molecule has 0 saturated carbocycles. The van der Waals surface area contributed by atoms with Gasteiger partial charge in [0.1, 0.15) is 5.78 Å². The summed E-state index contributed by atoms with van der Waals surface area (Å²) in [5.41, 5.74) is 0.987. The second kappa shape index (κ2) is 8.20. The molecule has 0 aromatic carbocycles. The molecule has 1 aromatic rings. The topological polar surface area (TPSA) is 34.1 Å². The highest BCUT2D eigenvalue weighted by Crippen LogP contribution is 2.18. The fourth-order valence-corrected chi connectivity index (χ4v) is 2.80. The van der Waals surface area contributed by atoms with Gasteiger partial charge in [-0.05, 0) is 30.4 Å². The van der Waals surface area contributed by atoms with Crippen LogP contribution in [0.1, 0.15) is 67.1 Å². The van der Waals surface area contributed by atoms with Gasteiger partial charge in [0, 0.05) is 6.42 Å². The Balaban J connectivity index is 2.24. The van der Waals surface area contributed by atoms with Crippen LogP contribution in [0.3, 0.4) is 0 Å². The number of thiophene rings is 1. The van der Waals surface area contributed by atoms with E-state index >= 15 is 0 Å². The molecule has 3 heteroatoms. The monoisotopic (exact) mass is 266 g/mol. The molecule has 0 amide bonds. The van der Waals surface area contributed by atoms with Crippen molar-refractivity contribution in [2.45, 2.75) is 58.8 Å². The molecule has 0 radical (unpaired) electrons. The van der Waals surface area contributed by atoms with E-state index in [0.29, 0.717) is 6.42 Å². The van der Waals surface area contributed by atoms with Crippen molar-refractivity contribution in [1.82, 2.24) is 0 Å². The zero-order chi connectivity index (χ0) is 13.4. The summed E-state index contributed by atoms with van der Waals surface area (Å²) in [6.07, 6.45) is 6.31. The molecule has 0 spiro atoms. The number of Topliss-reactive ketones (excluding diaryl/α,β-unsaturated/α-hetero) is 2. The van der Waals surface area contributed by atoms with Gasteiger partial charge >= 0.3 is 0 Å². The molecule has 0 aliphatic rings. The van der Waals surface area contributed by atoms with Crippen LogP contribution in [0.5, 0.6) is 0 Å². The standard InChI is InChI=1S/C15H22O2S/c1-3-4-5-6-7-8-13(16)11-14(17)15-12(2)9-10-18-15/h9-10H,3-8,11H2,1-2H3. The highest BCUT2D eigenvalue weighted by molar-refractivity contribution is 7.12. The first-order valence-electron chi connectivity index (χ1n) is 6.74. The molecule has 0 aliphatic heterocycles. The van der Waals surface area contributed by atoms with Crippen molar-refractivity contribution in [2.24, 2.45) is 0 Å². The molecule has 1 rings (SSSR count). The van der Waals surface area contributed by atoms with Crippen LogP contribution in [-0.2, 0) is 4.79 Å². The van der Waals surface area contributed by atoms with Gasteiger partial charge < -0.3 is 0 Å². The molecule has 0 N–H and O–H groups in total. The van der Waals surface area contributed by atoms with Gasteiger partial charge in [-0.25, -0.2) is 0 Å². The predicted octanol–water partition coefficient (Wildman–Crippen LogP) is 4.56. The first-order chi connectivity index (χ1) is 8.65. The van der Waals surface area contributed by atoms with Crippen LogP contribution in [0, 0.1) is 6.92 Å². The second-order valence-corrected chi connectivity index (χ2v) is 5.65. The Hall–Kier alpha value is -0.960. The average molecular weight is 266 g/mol. The number of hydrogen-bond donors (Lipinski definition) is 0. The Morgan fingerprint density at radius 2 is 1.89 bits per heavy atom. The maximum Gasteiger partial charge on any atom is 0.180 e. The minimum Gasteiger partial charge on any atom is -0.299 e. The highest BCUT2D eigenvalue weighted by Gasteiger charge is 2.14. The number of hydrogen-bond acceptors (Lipinski definition) is 3. The average Bonchev–Trinajstić information content (AvgIpc) is 2.75. The van der Waals surface area contributed by atoms with Crippen molar-refractivity contribution in [2.75, 3.05) is 0 Å². The lowest BCUT2D eigenvalue weighted by atomic mass is 10.0. The van der Waals surface area contributed by atoms with Crippen LogP contribution in [0.2, 0.25) is 0 Å². The Bertz CT molecular complexity index is 393. The van der Waals surface area contributed by atoms with Crippen molar-refractivity contribution in [3.05, 3.63) is 21.9 Å². The third-order valence-corrected chi connectivity index (χ3v) is 4.09. The summed E-state index contributed by atoms with van der Waals surface area (Å²) in [6.45, 7) is 4.09. The SMILES string of the molecule is CCCCCCCC(=O)CC(=O)c1sccc1C. The molecule has 18 heavy (non-hydrogen) atoms. The molecule has 2 nitrogen and oxygen atoms in total. The summed E-state index contributed by atoms with van der Waals surface area (Å²) in [6, 6.07) is 1.92. The second-order valence-electron chi connectivity index (χ2n) is 4.74. The Morgan fingerprint density at radius 3 is 2.50 bits per heavy atom. The lowest BCUT2D eigenvalue weighted by molar-refractivity contribution is -0.118. The van der Waals surface area contributed by atoms with E-state index in [2.05, 4.69) is 6.92 Å². The van der Waals surface area contributed by atoms with E-state index in [1.807, 2.05) is 18.4 Å². The van der Waals surface area contributed by atoms with Crippen LogP contribution in [0.25, 0.3) is 0 Å². The Morgan fingerprint density at radius 1 is 1.17 bits per heavy atom. The summed E-state index contributed by atoms with van der Waals surface area (Å²) in [4.78, 5) is 24.3. The van der Waals surface area contributed by atoms with Crippen molar-refractivity contribution < 1.29 is 9.59 Å². The van der Waals surface area contributed by atoms with Crippen molar-refractivity contribution in [3.8, 4) is 0 Å². The summed E-state index contributed by atoms with van der Waals surface area (Å²) < 4.78 is 0. The smallest absolute Gasteiger partial charge is 0.180 e. The molecule has 0 bridgehead atoms. The molecule has 1 aromatic heterocycles. The lowest BCUT2D eigenvalue weighted by Gasteiger charge is -2.01. The van der Waals surface area contributed by atoms with Gasteiger partial charge in [0.05, 0.1) is 11.3 Å². The largest absolute Gasteiger partial charge is 0.299 e. The zero-order valence-electron chi connectivity index (χ0n) is 11.3. The minimum absolute atomic E-state index is 0.0129. The molecule has 0 saturated heterocycles. The number of rotatable bonds is 9. The minimum atomic E-state index is -0.0129.